The maximum absolute atomic E-state index is 9.35. The molecule has 2 aromatic carbocycles. The molecule has 1 atom stereocenters. The zero-order valence-corrected chi connectivity index (χ0v) is 17.8. The van der Waals surface area contributed by atoms with Gasteiger partial charge < -0.3 is 19.9 Å². The van der Waals surface area contributed by atoms with Gasteiger partial charge in [-0.3, -0.25) is 0 Å². The third-order valence-corrected chi connectivity index (χ3v) is 4.83. The summed E-state index contributed by atoms with van der Waals surface area (Å²) in [6.07, 6.45) is -0.390. The van der Waals surface area contributed by atoms with E-state index in [2.05, 4.69) is 21.2 Å². The van der Waals surface area contributed by atoms with Crippen molar-refractivity contribution < 1.29 is 14.6 Å². The second-order valence-corrected chi connectivity index (χ2v) is 7.52. The number of hydrogen-bond acceptors (Lipinski definition) is 4. The fraction of sp³-hybridized carbons (Fsp3) is 0.368. The molecule has 0 saturated carbocycles. The molecule has 0 bridgehead atoms. The summed E-state index contributed by atoms with van der Waals surface area (Å²) in [6.45, 7) is 5.69. The van der Waals surface area contributed by atoms with Crippen molar-refractivity contribution in [2.75, 3.05) is 13.2 Å². The Balaban J connectivity index is 2.14. The van der Waals surface area contributed by atoms with Gasteiger partial charge in [-0.05, 0) is 65.2 Å². The van der Waals surface area contributed by atoms with Gasteiger partial charge >= 0.3 is 0 Å². The highest BCUT2D eigenvalue weighted by Crippen LogP contribution is 2.37. The Morgan fingerprint density at radius 3 is 2.54 bits per heavy atom. The molecule has 2 rings (SSSR count). The molecule has 0 aliphatic heterocycles. The molecule has 0 aliphatic carbocycles. The first kappa shape index (κ1) is 21.3. The molecule has 0 unspecified atom stereocenters. The van der Waals surface area contributed by atoms with Gasteiger partial charge in [0.1, 0.15) is 6.61 Å². The van der Waals surface area contributed by atoms with E-state index in [9.17, 15) is 5.11 Å². The minimum absolute atomic E-state index is 0.342. The molecule has 142 valence electrons. The van der Waals surface area contributed by atoms with Gasteiger partial charge in [-0.15, -0.1) is 0 Å². The molecule has 0 saturated heterocycles. The van der Waals surface area contributed by atoms with E-state index in [0.29, 0.717) is 47.8 Å². The van der Waals surface area contributed by atoms with Crippen molar-refractivity contribution in [1.82, 2.24) is 5.32 Å². The summed E-state index contributed by atoms with van der Waals surface area (Å²) in [5.41, 5.74) is 1.94. The number of aliphatic hydroxyl groups is 1. The monoisotopic (exact) mass is 461 g/mol. The predicted molar refractivity (Wildman–Crippen MR) is 109 cm³/mol. The number of benzene rings is 2. The van der Waals surface area contributed by atoms with Crippen molar-refractivity contribution >= 4 is 39.1 Å². The van der Waals surface area contributed by atoms with Crippen LogP contribution >= 0.6 is 39.1 Å². The maximum Gasteiger partial charge on any atom is 0.175 e. The molecule has 7 heteroatoms. The van der Waals surface area contributed by atoms with E-state index in [1.54, 1.807) is 19.1 Å². The van der Waals surface area contributed by atoms with Crippen LogP contribution < -0.4 is 14.8 Å². The first-order chi connectivity index (χ1) is 12.4. The SMILES string of the molecule is CCOc1cc(CNC[C@@H](C)O)cc(Br)c1OCc1ccc(Cl)c(Cl)c1. The second kappa shape index (κ2) is 10.4. The minimum Gasteiger partial charge on any atom is -0.490 e. The lowest BCUT2D eigenvalue weighted by Crippen LogP contribution is -2.23. The van der Waals surface area contributed by atoms with Crippen LogP contribution in [0, 0.1) is 0 Å². The molecule has 0 amide bonds. The predicted octanol–water partition coefficient (Wildman–Crippen LogP) is 5.20. The molecule has 0 heterocycles. The molecule has 0 spiro atoms. The van der Waals surface area contributed by atoms with E-state index in [-0.39, 0.29) is 0 Å². The van der Waals surface area contributed by atoms with Crippen molar-refractivity contribution in [3.05, 3.63) is 56.0 Å². The summed E-state index contributed by atoms with van der Waals surface area (Å²) in [4.78, 5) is 0. The Bertz CT molecular complexity index is 741. The first-order valence-electron chi connectivity index (χ1n) is 8.31. The van der Waals surface area contributed by atoms with Gasteiger partial charge in [0.15, 0.2) is 11.5 Å². The Morgan fingerprint density at radius 1 is 1.12 bits per heavy atom. The number of rotatable bonds is 9. The Kier molecular flexibility index (Phi) is 8.51. The fourth-order valence-corrected chi connectivity index (χ4v) is 3.26. The van der Waals surface area contributed by atoms with Crippen LogP contribution in [0.25, 0.3) is 0 Å². The molecule has 2 N–H and O–H groups in total. The molecule has 26 heavy (non-hydrogen) atoms. The van der Waals surface area contributed by atoms with Crippen molar-refractivity contribution in [1.29, 1.82) is 0 Å². The fourth-order valence-electron chi connectivity index (χ4n) is 2.34. The highest BCUT2D eigenvalue weighted by Gasteiger charge is 2.13. The lowest BCUT2D eigenvalue weighted by atomic mass is 10.2. The zero-order chi connectivity index (χ0) is 19.1. The zero-order valence-electron chi connectivity index (χ0n) is 14.7. The van der Waals surface area contributed by atoms with Crippen molar-refractivity contribution in [3.8, 4) is 11.5 Å². The summed E-state index contributed by atoms with van der Waals surface area (Å²) in [6, 6.07) is 9.32. The molecule has 2 aromatic rings. The van der Waals surface area contributed by atoms with E-state index >= 15 is 0 Å². The molecule has 0 aliphatic rings. The van der Waals surface area contributed by atoms with Crippen LogP contribution in [-0.4, -0.2) is 24.4 Å². The van der Waals surface area contributed by atoms with Gasteiger partial charge in [-0.2, -0.15) is 0 Å². The smallest absolute Gasteiger partial charge is 0.175 e. The van der Waals surface area contributed by atoms with Crippen molar-refractivity contribution in [3.63, 3.8) is 0 Å². The average Bonchev–Trinajstić information content (AvgIpc) is 2.57. The third-order valence-electron chi connectivity index (χ3n) is 3.51. The summed E-state index contributed by atoms with van der Waals surface area (Å²) in [5, 5.41) is 13.6. The summed E-state index contributed by atoms with van der Waals surface area (Å²) < 4.78 is 12.5. The Morgan fingerprint density at radius 2 is 1.88 bits per heavy atom. The highest BCUT2D eigenvalue weighted by molar-refractivity contribution is 9.10. The van der Waals surface area contributed by atoms with Crippen LogP contribution in [0.5, 0.6) is 11.5 Å². The summed E-state index contributed by atoms with van der Waals surface area (Å²) in [7, 11) is 0. The molecule has 0 radical (unpaired) electrons. The third kappa shape index (κ3) is 6.32. The normalized spacial score (nSPS) is 12.1. The van der Waals surface area contributed by atoms with E-state index in [4.69, 9.17) is 32.7 Å². The van der Waals surface area contributed by atoms with E-state index in [1.165, 1.54) is 0 Å². The van der Waals surface area contributed by atoms with Crippen LogP contribution in [0.2, 0.25) is 10.0 Å². The standard InChI is InChI=1S/C19H22BrCl2NO3/c1-3-25-18-8-14(10-23-9-12(2)24)6-15(20)19(18)26-11-13-4-5-16(21)17(22)7-13/h4-8,12,23-24H,3,9-11H2,1-2H3/t12-/m1/s1. The maximum atomic E-state index is 9.35. The van der Waals surface area contributed by atoms with Crippen LogP contribution in [0.15, 0.2) is 34.8 Å². The second-order valence-electron chi connectivity index (χ2n) is 5.85. The summed E-state index contributed by atoms with van der Waals surface area (Å²) in [5.74, 6) is 1.30. The average molecular weight is 463 g/mol. The van der Waals surface area contributed by atoms with Crippen LogP contribution in [0.3, 0.4) is 0 Å². The van der Waals surface area contributed by atoms with Gasteiger partial charge in [0.25, 0.3) is 0 Å². The number of hydrogen-bond donors (Lipinski definition) is 2. The van der Waals surface area contributed by atoms with Crippen LogP contribution in [-0.2, 0) is 13.2 Å². The number of halogens is 3. The van der Waals surface area contributed by atoms with Crippen molar-refractivity contribution in [2.24, 2.45) is 0 Å². The van der Waals surface area contributed by atoms with E-state index in [1.807, 2.05) is 25.1 Å². The number of ether oxygens (including phenoxy) is 2. The molecule has 0 fully saturated rings. The number of nitrogens with one attached hydrogen (secondary N) is 1. The van der Waals surface area contributed by atoms with Gasteiger partial charge in [0, 0.05) is 13.1 Å². The highest BCUT2D eigenvalue weighted by atomic mass is 79.9. The van der Waals surface area contributed by atoms with Gasteiger partial charge in [-0.25, -0.2) is 0 Å². The molecular formula is C19H22BrCl2NO3. The van der Waals surface area contributed by atoms with Crippen LogP contribution in [0.4, 0.5) is 0 Å². The quantitative estimate of drug-likeness (QED) is 0.537. The van der Waals surface area contributed by atoms with E-state index in [0.717, 1.165) is 15.6 Å². The molecule has 0 aromatic heterocycles. The summed E-state index contributed by atoms with van der Waals surface area (Å²) >= 11 is 15.6. The minimum atomic E-state index is -0.390. The molecule has 4 nitrogen and oxygen atoms in total. The lowest BCUT2D eigenvalue weighted by Gasteiger charge is -2.16. The molecular weight excluding hydrogens is 441 g/mol. The van der Waals surface area contributed by atoms with Gasteiger partial charge in [0.05, 0.1) is 27.2 Å². The first-order valence-corrected chi connectivity index (χ1v) is 9.86. The largest absolute Gasteiger partial charge is 0.490 e. The van der Waals surface area contributed by atoms with Gasteiger partial charge in [-0.1, -0.05) is 29.3 Å². The Hall–Kier alpha value is -0.980. The van der Waals surface area contributed by atoms with Crippen molar-refractivity contribution in [2.45, 2.75) is 33.1 Å². The Labute approximate surface area is 172 Å². The topological polar surface area (TPSA) is 50.7 Å². The van der Waals surface area contributed by atoms with E-state index < -0.39 is 6.10 Å². The van der Waals surface area contributed by atoms with Crippen LogP contribution in [0.1, 0.15) is 25.0 Å². The van der Waals surface area contributed by atoms with Gasteiger partial charge in [0.2, 0.25) is 0 Å². The number of aliphatic hydroxyl groups excluding tert-OH is 1. The lowest BCUT2D eigenvalue weighted by molar-refractivity contribution is 0.191.